The van der Waals surface area contributed by atoms with Crippen LogP contribution in [0.4, 0.5) is 0 Å². The Hall–Kier alpha value is -1.65. The minimum absolute atomic E-state index is 0. The van der Waals surface area contributed by atoms with Gasteiger partial charge in [-0.2, -0.15) is 0 Å². The van der Waals surface area contributed by atoms with E-state index in [0.717, 1.165) is 27.2 Å². The fraction of sp³-hybridized carbons (Fsp3) is 0.261. The summed E-state index contributed by atoms with van der Waals surface area (Å²) in [5.41, 5.74) is 2.62. The number of aliphatic carboxylic acids is 1. The molecule has 3 aromatic rings. The number of nitrogens with zero attached hydrogens (tertiary/aromatic N) is 2. The van der Waals surface area contributed by atoms with E-state index >= 15 is 0 Å². The van der Waals surface area contributed by atoms with Gasteiger partial charge in [0.15, 0.2) is 0 Å². The van der Waals surface area contributed by atoms with E-state index < -0.39 is 18.0 Å². The average molecular weight is 443 g/mol. The first kappa shape index (κ1) is 22.5. The Morgan fingerprint density at radius 2 is 2.03 bits per heavy atom. The number of fused-ring (bicyclic) bond motifs is 4. The van der Waals surface area contributed by atoms with Crippen molar-refractivity contribution in [1.82, 2.24) is 9.88 Å². The molecule has 2 aliphatic rings. The third-order valence-corrected chi connectivity index (χ3v) is 6.20. The van der Waals surface area contributed by atoms with Crippen LogP contribution in [0.5, 0.6) is 0 Å². The van der Waals surface area contributed by atoms with Gasteiger partial charge in [-0.25, -0.2) is 0 Å². The number of carbonyl (C=O) groups excluding carboxylic acids is 2. The number of aliphatic hydroxyl groups excluding tert-OH is 2. The first-order valence-corrected chi connectivity index (χ1v) is 9.79. The number of aromatic nitrogens is 1. The molecule has 1 saturated heterocycles. The molecule has 2 aromatic carbocycles. The Kier molecular flexibility index (Phi) is 6.08. The summed E-state index contributed by atoms with van der Waals surface area (Å²) in [6, 6.07) is 10.8. The zero-order valence-electron chi connectivity index (χ0n) is 17.2. The SMILES string of the molecule is CC(O)C1C(=O)N2C(C(=O)[O-])=C(c3ccc4cnc5cc(CO)ccc5c4c3)CC12.[K+]. The molecular formula is C23H19KN2O5. The monoisotopic (exact) mass is 442 g/mol. The molecule has 0 saturated carbocycles. The fourth-order valence-electron chi connectivity index (χ4n) is 4.76. The van der Waals surface area contributed by atoms with Crippen LogP contribution in [0.2, 0.25) is 0 Å². The van der Waals surface area contributed by atoms with Gasteiger partial charge in [0.1, 0.15) is 0 Å². The Bertz CT molecular complexity index is 1270. The first-order chi connectivity index (χ1) is 14.4. The van der Waals surface area contributed by atoms with E-state index in [1.807, 2.05) is 36.4 Å². The largest absolute Gasteiger partial charge is 1.00 e. The van der Waals surface area contributed by atoms with Crippen molar-refractivity contribution in [1.29, 1.82) is 0 Å². The Labute approximate surface area is 220 Å². The second kappa shape index (κ2) is 8.36. The first-order valence-electron chi connectivity index (χ1n) is 9.79. The maximum absolute atomic E-state index is 12.4. The van der Waals surface area contributed by atoms with Crippen molar-refractivity contribution in [3.63, 3.8) is 0 Å². The normalized spacial score (nSPS) is 21.1. The molecule has 7 nitrogen and oxygen atoms in total. The number of carboxylic acids is 1. The molecule has 1 amide bonds. The topological polar surface area (TPSA) is 114 Å². The Morgan fingerprint density at radius 1 is 1.26 bits per heavy atom. The predicted molar refractivity (Wildman–Crippen MR) is 108 cm³/mol. The minimum atomic E-state index is -1.39. The second-order valence-corrected chi connectivity index (χ2v) is 7.93. The number of carboxylic acid groups (broad SMARTS) is 1. The number of hydrogen-bond donors (Lipinski definition) is 2. The van der Waals surface area contributed by atoms with E-state index in [1.54, 1.807) is 13.1 Å². The third kappa shape index (κ3) is 3.47. The molecule has 1 aromatic heterocycles. The van der Waals surface area contributed by atoms with E-state index in [9.17, 15) is 24.9 Å². The second-order valence-electron chi connectivity index (χ2n) is 7.93. The number of pyridine rings is 1. The van der Waals surface area contributed by atoms with E-state index in [1.165, 1.54) is 4.90 Å². The molecule has 2 aliphatic heterocycles. The van der Waals surface area contributed by atoms with Crippen molar-refractivity contribution in [3.05, 3.63) is 59.4 Å². The molecule has 31 heavy (non-hydrogen) atoms. The van der Waals surface area contributed by atoms with Crippen LogP contribution < -0.4 is 56.5 Å². The summed E-state index contributed by atoms with van der Waals surface area (Å²) in [5, 5.41) is 33.9. The van der Waals surface area contributed by atoms with Gasteiger partial charge in [0.25, 0.3) is 0 Å². The van der Waals surface area contributed by atoms with Crippen LogP contribution in [0.25, 0.3) is 27.2 Å². The number of β-lactam (4-membered cyclic amide) rings is 1. The molecule has 0 radical (unpaired) electrons. The number of benzene rings is 2. The average Bonchev–Trinajstić information content (AvgIpc) is 3.07. The smallest absolute Gasteiger partial charge is 0.543 e. The van der Waals surface area contributed by atoms with Crippen LogP contribution in [-0.4, -0.2) is 44.1 Å². The summed E-state index contributed by atoms with van der Waals surface area (Å²) >= 11 is 0. The molecule has 1 fully saturated rings. The van der Waals surface area contributed by atoms with E-state index in [0.29, 0.717) is 17.6 Å². The summed E-state index contributed by atoms with van der Waals surface area (Å²) in [6.07, 6.45) is 1.26. The minimum Gasteiger partial charge on any atom is -0.543 e. The summed E-state index contributed by atoms with van der Waals surface area (Å²) in [4.78, 5) is 30.0. The number of hydrogen-bond acceptors (Lipinski definition) is 6. The van der Waals surface area contributed by atoms with Crippen LogP contribution in [0.15, 0.2) is 48.3 Å². The van der Waals surface area contributed by atoms with Crippen molar-refractivity contribution in [3.8, 4) is 0 Å². The predicted octanol–water partition coefficient (Wildman–Crippen LogP) is -2.04. The van der Waals surface area contributed by atoms with Crippen LogP contribution in [-0.2, 0) is 16.2 Å². The molecule has 0 bridgehead atoms. The number of rotatable bonds is 4. The zero-order valence-corrected chi connectivity index (χ0v) is 20.3. The van der Waals surface area contributed by atoms with Gasteiger partial charge in [0, 0.05) is 17.0 Å². The Balaban J connectivity index is 0.00000231. The van der Waals surface area contributed by atoms with Gasteiger partial charge >= 0.3 is 51.4 Å². The molecule has 3 atom stereocenters. The quantitative estimate of drug-likeness (QED) is 0.273. The summed E-state index contributed by atoms with van der Waals surface area (Å²) < 4.78 is 0. The number of aliphatic hydroxyl groups is 2. The van der Waals surface area contributed by atoms with Crippen LogP contribution >= 0.6 is 0 Å². The maximum atomic E-state index is 12.4. The van der Waals surface area contributed by atoms with Gasteiger partial charge in [0.05, 0.1) is 41.9 Å². The molecule has 3 heterocycles. The van der Waals surface area contributed by atoms with Gasteiger partial charge in [-0.05, 0) is 47.6 Å². The summed E-state index contributed by atoms with van der Waals surface area (Å²) in [6.45, 7) is 1.47. The number of carbonyl (C=O) groups is 2. The summed E-state index contributed by atoms with van der Waals surface area (Å²) in [7, 11) is 0. The van der Waals surface area contributed by atoms with Gasteiger partial charge in [-0.3, -0.25) is 9.78 Å². The third-order valence-electron chi connectivity index (χ3n) is 6.20. The van der Waals surface area contributed by atoms with Crippen molar-refractivity contribution >= 4 is 39.1 Å². The van der Waals surface area contributed by atoms with Crippen molar-refractivity contribution in [2.45, 2.75) is 32.1 Å². The molecule has 5 rings (SSSR count). The van der Waals surface area contributed by atoms with Crippen LogP contribution in [0.3, 0.4) is 0 Å². The van der Waals surface area contributed by atoms with Gasteiger partial charge in [-0.15, -0.1) is 0 Å². The molecule has 0 aliphatic carbocycles. The zero-order chi connectivity index (χ0) is 21.2. The van der Waals surface area contributed by atoms with Crippen LogP contribution in [0, 0.1) is 5.92 Å². The molecule has 2 N–H and O–H groups in total. The fourth-order valence-corrected chi connectivity index (χ4v) is 4.76. The van der Waals surface area contributed by atoms with Crippen molar-refractivity contribution in [2.75, 3.05) is 0 Å². The Morgan fingerprint density at radius 3 is 2.71 bits per heavy atom. The molecule has 8 heteroatoms. The molecule has 152 valence electrons. The van der Waals surface area contributed by atoms with Crippen LogP contribution in [0.1, 0.15) is 24.5 Å². The van der Waals surface area contributed by atoms with E-state index in [-0.39, 0.29) is 75.6 Å². The summed E-state index contributed by atoms with van der Waals surface area (Å²) in [5.74, 6) is -2.37. The molecular weight excluding hydrogens is 423 g/mol. The number of amides is 1. The van der Waals surface area contributed by atoms with E-state index in [2.05, 4.69) is 4.98 Å². The van der Waals surface area contributed by atoms with Gasteiger partial charge in [0.2, 0.25) is 5.91 Å². The van der Waals surface area contributed by atoms with Gasteiger partial charge < -0.3 is 25.0 Å². The maximum Gasteiger partial charge on any atom is 1.00 e. The van der Waals surface area contributed by atoms with Gasteiger partial charge in [-0.1, -0.05) is 24.3 Å². The van der Waals surface area contributed by atoms with E-state index in [4.69, 9.17) is 0 Å². The molecule has 3 unspecified atom stereocenters. The molecule has 0 spiro atoms. The van der Waals surface area contributed by atoms with Crippen molar-refractivity contribution < 1.29 is 76.3 Å². The standard InChI is InChI=1S/C23H20N2O5.K/c1-11(27)20-19-8-17(21(23(29)30)25(19)22(20)28)13-3-4-14-9-24-18-6-12(10-26)2-5-15(18)16(14)7-13;/h2-7,9,11,19-20,26-27H,8,10H2,1H3,(H,29,30);/q;+1/p-1. The van der Waals surface area contributed by atoms with Crippen molar-refractivity contribution in [2.24, 2.45) is 5.92 Å².